The van der Waals surface area contributed by atoms with Crippen molar-refractivity contribution >= 4 is 17.6 Å². The van der Waals surface area contributed by atoms with Crippen molar-refractivity contribution in [3.05, 3.63) is 59.4 Å². The molecule has 0 aromatic heterocycles. The van der Waals surface area contributed by atoms with Crippen molar-refractivity contribution in [2.24, 2.45) is 5.92 Å². The largest absolute Gasteiger partial charge is 0.495 e. The van der Waals surface area contributed by atoms with Crippen LogP contribution in [0.15, 0.2) is 42.5 Å². The lowest BCUT2D eigenvalue weighted by atomic mass is 9.97. The number of anilines is 1. The second-order valence-electron chi connectivity index (χ2n) is 5.91. The molecular formula is C19H20FNO4. The van der Waals surface area contributed by atoms with E-state index in [1.807, 2.05) is 13.0 Å². The maximum atomic E-state index is 13.2. The Morgan fingerprint density at radius 1 is 1.24 bits per heavy atom. The number of aromatic carboxylic acids is 1. The van der Waals surface area contributed by atoms with E-state index in [1.54, 1.807) is 6.07 Å². The summed E-state index contributed by atoms with van der Waals surface area (Å²) in [4.78, 5) is 23.2. The van der Waals surface area contributed by atoms with Crippen LogP contribution in [-0.2, 0) is 11.2 Å². The zero-order chi connectivity index (χ0) is 18.4. The van der Waals surface area contributed by atoms with Crippen LogP contribution in [0.25, 0.3) is 0 Å². The van der Waals surface area contributed by atoms with Crippen molar-refractivity contribution in [2.45, 2.75) is 19.8 Å². The molecular weight excluding hydrogens is 325 g/mol. The number of carbonyl (C=O) groups is 2. The lowest BCUT2D eigenvalue weighted by molar-refractivity contribution is -0.117. The number of hydrogen-bond donors (Lipinski definition) is 2. The molecule has 1 amide bonds. The monoisotopic (exact) mass is 345 g/mol. The molecule has 0 aliphatic heterocycles. The molecule has 5 nitrogen and oxygen atoms in total. The van der Waals surface area contributed by atoms with E-state index >= 15 is 0 Å². The fraction of sp³-hybridized carbons (Fsp3) is 0.263. The number of hydrogen-bond acceptors (Lipinski definition) is 3. The van der Waals surface area contributed by atoms with Crippen molar-refractivity contribution in [3.63, 3.8) is 0 Å². The van der Waals surface area contributed by atoms with E-state index in [9.17, 15) is 14.0 Å². The van der Waals surface area contributed by atoms with Crippen molar-refractivity contribution < 1.29 is 23.8 Å². The Kier molecular flexibility index (Phi) is 6.11. The number of carboxylic acids is 1. The normalized spacial score (nSPS) is 11.6. The summed E-state index contributed by atoms with van der Waals surface area (Å²) in [5, 5.41) is 11.7. The van der Waals surface area contributed by atoms with Crippen molar-refractivity contribution in [1.29, 1.82) is 0 Å². The van der Waals surface area contributed by atoms with Gasteiger partial charge in [0.15, 0.2) is 0 Å². The molecule has 0 radical (unpaired) electrons. The number of methoxy groups -OCH3 is 1. The van der Waals surface area contributed by atoms with Gasteiger partial charge >= 0.3 is 5.97 Å². The van der Waals surface area contributed by atoms with Crippen LogP contribution in [-0.4, -0.2) is 24.1 Å². The molecule has 2 N–H and O–H groups in total. The van der Waals surface area contributed by atoms with Crippen LogP contribution in [0.4, 0.5) is 10.1 Å². The van der Waals surface area contributed by atoms with Gasteiger partial charge in [-0.05, 0) is 48.2 Å². The number of nitrogens with one attached hydrogen (secondary N) is 1. The van der Waals surface area contributed by atoms with E-state index in [0.717, 1.165) is 5.56 Å². The molecule has 6 heteroatoms. The van der Waals surface area contributed by atoms with Crippen molar-refractivity contribution in [1.82, 2.24) is 0 Å². The number of benzene rings is 2. The molecule has 0 fully saturated rings. The fourth-order valence-corrected chi connectivity index (χ4v) is 2.58. The first-order valence-electron chi connectivity index (χ1n) is 7.84. The van der Waals surface area contributed by atoms with Gasteiger partial charge in [-0.25, -0.2) is 9.18 Å². The van der Waals surface area contributed by atoms with Gasteiger partial charge in [-0.3, -0.25) is 4.79 Å². The second kappa shape index (κ2) is 8.28. The van der Waals surface area contributed by atoms with E-state index in [4.69, 9.17) is 9.84 Å². The Bertz CT molecular complexity index is 776. The second-order valence-corrected chi connectivity index (χ2v) is 5.91. The highest BCUT2D eigenvalue weighted by molar-refractivity contribution is 5.94. The lowest BCUT2D eigenvalue weighted by Crippen LogP contribution is -2.17. The Morgan fingerprint density at radius 3 is 2.64 bits per heavy atom. The Morgan fingerprint density at radius 2 is 2.00 bits per heavy atom. The van der Waals surface area contributed by atoms with E-state index in [1.165, 1.54) is 37.4 Å². The smallest absolute Gasteiger partial charge is 0.335 e. The summed E-state index contributed by atoms with van der Waals surface area (Å²) in [6, 6.07) is 10.6. The summed E-state index contributed by atoms with van der Waals surface area (Å²) in [6.07, 6.45) is 0.834. The maximum Gasteiger partial charge on any atom is 0.335 e. The van der Waals surface area contributed by atoms with Gasteiger partial charge in [-0.15, -0.1) is 0 Å². The molecule has 1 unspecified atom stereocenters. The molecule has 0 saturated carbocycles. The Labute approximate surface area is 145 Å². The third-order valence-electron chi connectivity index (χ3n) is 3.73. The third kappa shape index (κ3) is 5.31. The summed E-state index contributed by atoms with van der Waals surface area (Å²) < 4.78 is 18.3. The molecule has 0 aliphatic carbocycles. The zero-order valence-corrected chi connectivity index (χ0v) is 14.1. The predicted octanol–water partition coefficient (Wildman–Crippen LogP) is 3.74. The number of carboxylic acid groups (broad SMARTS) is 1. The van der Waals surface area contributed by atoms with Crippen LogP contribution in [0.1, 0.15) is 29.3 Å². The minimum Gasteiger partial charge on any atom is -0.495 e. The van der Waals surface area contributed by atoms with Gasteiger partial charge in [0.2, 0.25) is 5.91 Å². The van der Waals surface area contributed by atoms with Crippen molar-refractivity contribution in [3.8, 4) is 5.75 Å². The summed E-state index contributed by atoms with van der Waals surface area (Å²) >= 11 is 0. The molecule has 0 heterocycles. The summed E-state index contributed by atoms with van der Waals surface area (Å²) in [5.74, 6) is -1.28. The van der Waals surface area contributed by atoms with Crippen LogP contribution in [0.2, 0.25) is 0 Å². The molecule has 2 aromatic carbocycles. The molecule has 2 rings (SSSR count). The molecule has 132 valence electrons. The van der Waals surface area contributed by atoms with Crippen molar-refractivity contribution in [2.75, 3.05) is 12.4 Å². The van der Waals surface area contributed by atoms with E-state index in [2.05, 4.69) is 5.32 Å². The highest BCUT2D eigenvalue weighted by Gasteiger charge is 2.14. The average molecular weight is 345 g/mol. The number of amides is 1. The quantitative estimate of drug-likeness (QED) is 0.801. The van der Waals surface area contributed by atoms with E-state index in [0.29, 0.717) is 12.1 Å². The molecule has 0 spiro atoms. The van der Waals surface area contributed by atoms with Crippen LogP contribution >= 0.6 is 0 Å². The fourth-order valence-electron chi connectivity index (χ4n) is 2.58. The molecule has 25 heavy (non-hydrogen) atoms. The molecule has 0 aliphatic rings. The first kappa shape index (κ1) is 18.4. The number of carbonyl (C=O) groups excluding carboxylic acids is 1. The molecule has 0 saturated heterocycles. The maximum absolute atomic E-state index is 13.2. The average Bonchev–Trinajstić information content (AvgIpc) is 2.54. The zero-order valence-electron chi connectivity index (χ0n) is 14.1. The van der Waals surface area contributed by atoms with Gasteiger partial charge in [0.1, 0.15) is 11.6 Å². The summed E-state index contributed by atoms with van der Waals surface area (Å²) in [7, 11) is 1.41. The lowest BCUT2D eigenvalue weighted by Gasteiger charge is -2.14. The topological polar surface area (TPSA) is 75.6 Å². The first-order chi connectivity index (χ1) is 11.9. The van der Waals surface area contributed by atoms with Gasteiger partial charge in [0.05, 0.1) is 18.4 Å². The molecule has 0 bridgehead atoms. The van der Waals surface area contributed by atoms with Gasteiger partial charge in [0, 0.05) is 6.42 Å². The number of ether oxygens (including phenoxy) is 1. The van der Waals surface area contributed by atoms with Gasteiger partial charge < -0.3 is 15.2 Å². The highest BCUT2D eigenvalue weighted by Crippen LogP contribution is 2.26. The van der Waals surface area contributed by atoms with Crippen LogP contribution < -0.4 is 10.1 Å². The minimum absolute atomic E-state index is 0.0195. The predicted molar refractivity (Wildman–Crippen MR) is 92.5 cm³/mol. The van der Waals surface area contributed by atoms with Gasteiger partial charge in [-0.1, -0.05) is 19.1 Å². The van der Waals surface area contributed by atoms with Crippen LogP contribution in [0, 0.1) is 11.7 Å². The molecule has 2 aromatic rings. The molecule has 1 atom stereocenters. The summed E-state index contributed by atoms with van der Waals surface area (Å²) in [5.41, 5.74) is 1.33. The number of rotatable bonds is 7. The number of halogens is 1. The SMILES string of the molecule is COc1cc(C(=O)O)ccc1NC(=O)CC(C)Cc1cccc(F)c1. The minimum atomic E-state index is -1.07. The first-order valence-corrected chi connectivity index (χ1v) is 7.84. The standard InChI is InChI=1S/C19H20FNO4/c1-12(8-13-4-3-5-15(20)10-13)9-18(22)21-16-7-6-14(19(23)24)11-17(16)25-2/h3-7,10-12H,8-9H2,1-2H3,(H,21,22)(H,23,24). The Hall–Kier alpha value is -2.89. The Balaban J connectivity index is 1.98. The highest BCUT2D eigenvalue weighted by atomic mass is 19.1. The van der Waals surface area contributed by atoms with Crippen LogP contribution in [0.5, 0.6) is 5.75 Å². The summed E-state index contributed by atoms with van der Waals surface area (Å²) in [6.45, 7) is 1.91. The van der Waals surface area contributed by atoms with E-state index < -0.39 is 5.97 Å². The van der Waals surface area contributed by atoms with Gasteiger partial charge in [-0.2, -0.15) is 0 Å². The van der Waals surface area contributed by atoms with E-state index in [-0.39, 0.29) is 35.4 Å². The third-order valence-corrected chi connectivity index (χ3v) is 3.73. The van der Waals surface area contributed by atoms with Crippen LogP contribution in [0.3, 0.4) is 0 Å². The van der Waals surface area contributed by atoms with Gasteiger partial charge in [0.25, 0.3) is 0 Å².